The number of hydrogen-bond donors (Lipinski definition) is 2. The molecular weight excluding hydrogens is 315 g/mol. The van der Waals surface area contributed by atoms with Gasteiger partial charge in [0.15, 0.2) is 0 Å². The maximum Gasteiger partial charge on any atom is 0.0640 e. The molecule has 2 aromatic carbocycles. The van der Waals surface area contributed by atoms with Crippen LogP contribution in [0.4, 0.5) is 5.69 Å². The summed E-state index contributed by atoms with van der Waals surface area (Å²) in [4.78, 5) is 0. The molecule has 116 valence electrons. The van der Waals surface area contributed by atoms with Crippen LogP contribution in [0.3, 0.4) is 0 Å². The van der Waals surface area contributed by atoms with Crippen LogP contribution >= 0.6 is 23.2 Å². The molecule has 3 rings (SSSR count). The molecule has 1 atom stereocenters. The van der Waals surface area contributed by atoms with Crippen LogP contribution in [-0.2, 0) is 12.8 Å². The molecule has 2 aromatic rings. The first-order valence-electron chi connectivity index (χ1n) is 7.68. The topological polar surface area (TPSA) is 24.1 Å². The number of rotatable bonds is 3. The molecule has 0 radical (unpaired) electrons. The second-order valence-corrected chi connectivity index (χ2v) is 6.51. The third-order valence-electron chi connectivity index (χ3n) is 4.21. The van der Waals surface area contributed by atoms with E-state index in [0.717, 1.165) is 47.2 Å². The van der Waals surface area contributed by atoms with Gasteiger partial charge >= 0.3 is 0 Å². The predicted molar refractivity (Wildman–Crippen MR) is 95.2 cm³/mol. The summed E-state index contributed by atoms with van der Waals surface area (Å²) in [6, 6.07) is 12.2. The minimum absolute atomic E-state index is 0.105. The van der Waals surface area contributed by atoms with E-state index in [0.29, 0.717) is 0 Å². The van der Waals surface area contributed by atoms with Crippen LogP contribution < -0.4 is 10.6 Å². The van der Waals surface area contributed by atoms with E-state index in [4.69, 9.17) is 23.2 Å². The van der Waals surface area contributed by atoms with Crippen molar-refractivity contribution in [2.24, 2.45) is 0 Å². The first kappa shape index (κ1) is 15.7. The standard InChI is InChI=1S/C18H20Cl2N2/c1-12(14-4-2-3-5-16(14)19)22-18-15-9-11-21-10-8-13(15)6-7-17(18)20/h2-7,12,21-22H,8-11H2,1H3. The molecule has 1 aliphatic rings. The van der Waals surface area contributed by atoms with Crippen molar-refractivity contribution in [3.05, 3.63) is 63.1 Å². The molecule has 1 unspecified atom stereocenters. The lowest BCUT2D eigenvalue weighted by atomic mass is 9.99. The number of hydrogen-bond acceptors (Lipinski definition) is 2. The van der Waals surface area contributed by atoms with Crippen molar-refractivity contribution in [3.8, 4) is 0 Å². The predicted octanol–water partition coefficient (Wildman–Crippen LogP) is 4.85. The summed E-state index contributed by atoms with van der Waals surface area (Å²) >= 11 is 12.8. The first-order chi connectivity index (χ1) is 10.7. The average molecular weight is 335 g/mol. The third-order valence-corrected chi connectivity index (χ3v) is 4.87. The van der Waals surface area contributed by atoms with Gasteiger partial charge in [0.05, 0.1) is 16.8 Å². The summed E-state index contributed by atoms with van der Waals surface area (Å²) in [6.07, 6.45) is 2.04. The summed E-state index contributed by atoms with van der Waals surface area (Å²) in [7, 11) is 0. The van der Waals surface area contributed by atoms with Crippen LogP contribution in [-0.4, -0.2) is 13.1 Å². The van der Waals surface area contributed by atoms with Gasteiger partial charge in [0.2, 0.25) is 0 Å². The molecule has 0 aromatic heterocycles. The van der Waals surface area contributed by atoms with Crippen LogP contribution in [0, 0.1) is 0 Å². The monoisotopic (exact) mass is 334 g/mol. The highest BCUT2D eigenvalue weighted by Gasteiger charge is 2.17. The second-order valence-electron chi connectivity index (χ2n) is 5.70. The van der Waals surface area contributed by atoms with E-state index in [2.05, 4.69) is 29.7 Å². The van der Waals surface area contributed by atoms with Gasteiger partial charge < -0.3 is 10.6 Å². The van der Waals surface area contributed by atoms with E-state index in [1.807, 2.05) is 24.3 Å². The minimum Gasteiger partial charge on any atom is -0.377 e. The Kier molecular flexibility index (Phi) is 4.92. The lowest BCUT2D eigenvalue weighted by Crippen LogP contribution is -2.16. The molecule has 2 N–H and O–H groups in total. The van der Waals surface area contributed by atoms with Gasteiger partial charge in [-0.15, -0.1) is 0 Å². The molecule has 1 aliphatic heterocycles. The van der Waals surface area contributed by atoms with Crippen molar-refractivity contribution in [2.75, 3.05) is 18.4 Å². The van der Waals surface area contributed by atoms with E-state index < -0.39 is 0 Å². The molecule has 0 saturated heterocycles. The zero-order chi connectivity index (χ0) is 15.5. The number of benzene rings is 2. The van der Waals surface area contributed by atoms with E-state index in [1.54, 1.807) is 0 Å². The smallest absolute Gasteiger partial charge is 0.0640 e. The lowest BCUT2D eigenvalue weighted by molar-refractivity contribution is 0.711. The molecular formula is C18H20Cl2N2. The quantitative estimate of drug-likeness (QED) is 0.837. The van der Waals surface area contributed by atoms with Crippen LogP contribution in [0.25, 0.3) is 0 Å². The molecule has 0 saturated carbocycles. The van der Waals surface area contributed by atoms with E-state index >= 15 is 0 Å². The van der Waals surface area contributed by atoms with Gasteiger partial charge in [-0.1, -0.05) is 47.5 Å². The fourth-order valence-electron chi connectivity index (χ4n) is 3.02. The zero-order valence-corrected chi connectivity index (χ0v) is 14.1. The second kappa shape index (κ2) is 6.91. The summed E-state index contributed by atoms with van der Waals surface area (Å²) in [5.74, 6) is 0. The number of halogens is 2. The van der Waals surface area contributed by atoms with E-state index in [-0.39, 0.29) is 6.04 Å². The van der Waals surface area contributed by atoms with Crippen LogP contribution in [0.5, 0.6) is 0 Å². The molecule has 0 aliphatic carbocycles. The van der Waals surface area contributed by atoms with Gasteiger partial charge in [0.25, 0.3) is 0 Å². The van der Waals surface area contributed by atoms with Gasteiger partial charge in [-0.2, -0.15) is 0 Å². The fraction of sp³-hybridized carbons (Fsp3) is 0.333. The molecule has 0 amide bonds. The third kappa shape index (κ3) is 3.24. The Morgan fingerprint density at radius 2 is 1.77 bits per heavy atom. The van der Waals surface area contributed by atoms with Gasteiger partial charge in [-0.05, 0) is 61.7 Å². The normalized spacial score (nSPS) is 15.8. The Bertz CT molecular complexity index is 670. The highest BCUT2D eigenvalue weighted by molar-refractivity contribution is 6.33. The highest BCUT2D eigenvalue weighted by atomic mass is 35.5. The maximum absolute atomic E-state index is 6.47. The Balaban J connectivity index is 1.93. The van der Waals surface area contributed by atoms with Crippen LogP contribution in [0.2, 0.25) is 10.0 Å². The first-order valence-corrected chi connectivity index (χ1v) is 8.44. The zero-order valence-electron chi connectivity index (χ0n) is 12.6. The number of fused-ring (bicyclic) bond motifs is 1. The molecule has 2 nitrogen and oxygen atoms in total. The molecule has 0 spiro atoms. The van der Waals surface area contributed by atoms with Crippen molar-refractivity contribution in [1.82, 2.24) is 5.32 Å². The summed E-state index contributed by atoms with van der Waals surface area (Å²) < 4.78 is 0. The number of anilines is 1. The highest BCUT2D eigenvalue weighted by Crippen LogP contribution is 2.34. The van der Waals surface area contributed by atoms with E-state index in [9.17, 15) is 0 Å². The lowest BCUT2D eigenvalue weighted by Gasteiger charge is -2.22. The Morgan fingerprint density at radius 3 is 2.59 bits per heavy atom. The molecule has 4 heteroatoms. The SMILES string of the molecule is CC(Nc1c(Cl)ccc2c1CCNCC2)c1ccccc1Cl. The van der Waals surface area contributed by atoms with E-state index in [1.165, 1.54) is 11.1 Å². The molecule has 1 heterocycles. The molecule has 22 heavy (non-hydrogen) atoms. The van der Waals surface area contributed by atoms with Crippen molar-refractivity contribution < 1.29 is 0 Å². The summed E-state index contributed by atoms with van der Waals surface area (Å²) in [5, 5.41) is 8.58. The largest absolute Gasteiger partial charge is 0.377 e. The Hall–Kier alpha value is -1.22. The van der Waals surface area contributed by atoms with Gasteiger partial charge in [-0.3, -0.25) is 0 Å². The van der Waals surface area contributed by atoms with Crippen LogP contribution in [0.15, 0.2) is 36.4 Å². The maximum atomic E-state index is 6.47. The van der Waals surface area contributed by atoms with Crippen molar-refractivity contribution >= 4 is 28.9 Å². The van der Waals surface area contributed by atoms with Crippen LogP contribution in [0.1, 0.15) is 29.7 Å². The van der Waals surface area contributed by atoms with Crippen molar-refractivity contribution in [1.29, 1.82) is 0 Å². The van der Waals surface area contributed by atoms with Crippen molar-refractivity contribution in [3.63, 3.8) is 0 Å². The van der Waals surface area contributed by atoms with Gasteiger partial charge in [0.1, 0.15) is 0 Å². The van der Waals surface area contributed by atoms with Gasteiger partial charge in [-0.25, -0.2) is 0 Å². The average Bonchev–Trinajstić information content (AvgIpc) is 2.76. The Labute approximate surface area is 141 Å². The summed E-state index contributed by atoms with van der Waals surface area (Å²) in [5.41, 5.74) is 4.85. The molecule has 0 bridgehead atoms. The minimum atomic E-state index is 0.105. The number of nitrogens with one attached hydrogen (secondary N) is 2. The van der Waals surface area contributed by atoms with Gasteiger partial charge in [0, 0.05) is 5.02 Å². The summed E-state index contributed by atoms with van der Waals surface area (Å²) in [6.45, 7) is 4.13. The Morgan fingerprint density at radius 1 is 1.00 bits per heavy atom. The van der Waals surface area contributed by atoms with Crippen molar-refractivity contribution in [2.45, 2.75) is 25.8 Å². The fourth-order valence-corrected chi connectivity index (χ4v) is 3.55. The molecule has 0 fully saturated rings.